The Labute approximate surface area is 343 Å². The smallest absolute Gasteiger partial charge is 0.490 e. The summed E-state index contributed by atoms with van der Waals surface area (Å²) in [5, 5.41) is 34.1. The Morgan fingerprint density at radius 3 is 0.919 bits per heavy atom. The second-order valence-electron chi connectivity index (χ2n) is 12.0. The van der Waals surface area contributed by atoms with Crippen LogP contribution in [0, 0.1) is 0 Å². The van der Waals surface area contributed by atoms with Crippen LogP contribution in [0.15, 0.2) is 73.1 Å². The van der Waals surface area contributed by atoms with E-state index in [4.69, 9.17) is 51.1 Å². The number of aromatic nitrogens is 2. The number of rotatable bonds is 11. The Balaban J connectivity index is -0.000000946. The monoisotopic (exact) mass is 918 g/mol. The van der Waals surface area contributed by atoms with E-state index in [1.165, 1.54) is 62.4 Å². The summed E-state index contributed by atoms with van der Waals surface area (Å²) >= 11 is 0. The average molecular weight is 919 g/mol. The number of para-hydroxylation sites is 2. The third kappa shape index (κ3) is 24.2. The first-order valence-corrected chi connectivity index (χ1v) is 17.0. The molecule has 0 fully saturated rings. The summed E-state index contributed by atoms with van der Waals surface area (Å²) in [6.07, 6.45) is -5.96. The minimum Gasteiger partial charge on any atom is -0.542 e. The van der Waals surface area contributed by atoms with Gasteiger partial charge in [0.15, 0.2) is 12.4 Å². The number of nitrogens with zero attached hydrogens (tertiary/aromatic N) is 2. The van der Waals surface area contributed by atoms with E-state index in [2.05, 4.69) is 70.1 Å². The second kappa shape index (κ2) is 27.6. The number of nitrogens with two attached hydrogens (primary N) is 2. The van der Waals surface area contributed by atoms with Crippen molar-refractivity contribution in [3.8, 4) is 0 Å². The summed E-state index contributed by atoms with van der Waals surface area (Å²) in [6.45, 7) is 2.13. The fourth-order valence-corrected chi connectivity index (χ4v) is 4.63. The second-order valence-corrected chi connectivity index (χ2v) is 12.0. The summed E-state index contributed by atoms with van der Waals surface area (Å²) in [6, 6.07) is 20.9. The molecule has 2 aromatic carbocycles. The molecule has 4 rings (SSSR count). The highest BCUT2D eigenvalue weighted by Gasteiger charge is 2.39. The largest absolute Gasteiger partial charge is 0.542 e. The molecule has 0 aliphatic carbocycles. The number of nitrogen functional groups attached to an aromatic ring is 2. The van der Waals surface area contributed by atoms with E-state index in [-0.39, 0.29) is 11.0 Å². The lowest BCUT2D eigenvalue weighted by Crippen LogP contribution is -2.37. The van der Waals surface area contributed by atoms with E-state index >= 15 is 0 Å². The minimum atomic E-state index is -5.19. The fraction of sp³-hybridized carbons (Fsp3) is 0.389. The molecular weight excluding hydrogens is 876 g/mol. The molecule has 350 valence electrons. The van der Waals surface area contributed by atoms with E-state index in [1.807, 2.05) is 12.1 Å². The quantitative estimate of drug-likeness (QED) is 0.0960. The molecule has 62 heavy (non-hydrogen) atoms. The Kier molecular flexibility index (Phi) is 26.8. The van der Waals surface area contributed by atoms with E-state index in [9.17, 15) is 52.7 Å². The summed E-state index contributed by atoms with van der Waals surface area (Å²) in [4.78, 5) is 35.4. The molecular formula is C36H42F12N4O10. The molecule has 0 atom stereocenters. The number of fused-ring (bicyclic) bond motifs is 2. The Hall–Kier alpha value is -6.18. The number of carbonyl (C=O) groups is 4. The van der Waals surface area contributed by atoms with Crippen LogP contribution < -0.4 is 30.8 Å². The van der Waals surface area contributed by atoms with Gasteiger partial charge in [0, 0.05) is 37.1 Å². The predicted molar refractivity (Wildman–Crippen MR) is 191 cm³/mol. The zero-order valence-electron chi connectivity index (χ0n) is 31.9. The number of unbranched alkanes of at least 4 members (excludes halogenated alkanes) is 7. The van der Waals surface area contributed by atoms with Crippen molar-refractivity contribution in [2.45, 2.75) is 89.2 Å². The van der Waals surface area contributed by atoms with Crippen molar-refractivity contribution in [3.63, 3.8) is 0 Å². The molecule has 2 aromatic heterocycles. The van der Waals surface area contributed by atoms with E-state index in [0.29, 0.717) is 0 Å². The summed E-state index contributed by atoms with van der Waals surface area (Å²) in [5.41, 5.74) is 16.4. The Bertz CT molecular complexity index is 1800. The number of hydrogen-bond donors (Lipinski definition) is 4. The number of benzene rings is 2. The molecule has 0 spiro atoms. The first-order valence-electron chi connectivity index (χ1n) is 17.0. The number of alkyl halides is 12. The van der Waals surface area contributed by atoms with Gasteiger partial charge in [-0.25, -0.2) is 9.59 Å². The molecule has 0 saturated heterocycles. The molecule has 2 heterocycles. The van der Waals surface area contributed by atoms with Crippen molar-refractivity contribution in [2.24, 2.45) is 0 Å². The van der Waals surface area contributed by atoms with Crippen LogP contribution in [0.3, 0.4) is 0 Å². The van der Waals surface area contributed by atoms with Crippen LogP contribution in [0.25, 0.3) is 21.8 Å². The van der Waals surface area contributed by atoms with Gasteiger partial charge in [-0.15, -0.1) is 0 Å². The van der Waals surface area contributed by atoms with Crippen LogP contribution in [0.1, 0.15) is 51.4 Å². The topological polar surface area (TPSA) is 278 Å². The summed E-state index contributed by atoms with van der Waals surface area (Å²) in [5.74, 6) is -11.5. The first kappa shape index (κ1) is 60.1. The summed E-state index contributed by atoms with van der Waals surface area (Å²) < 4.78 is 131. The molecule has 26 heteroatoms. The number of carbonyl (C=O) groups excluding carboxylic acids is 2. The lowest BCUT2D eigenvalue weighted by Gasteiger charge is -2.05. The van der Waals surface area contributed by atoms with Crippen LogP contribution in [-0.2, 0) is 32.3 Å². The van der Waals surface area contributed by atoms with Crippen molar-refractivity contribution in [3.05, 3.63) is 73.1 Å². The molecule has 0 bridgehead atoms. The highest BCUT2D eigenvalue weighted by Crippen LogP contribution is 2.19. The molecule has 0 radical (unpaired) electrons. The van der Waals surface area contributed by atoms with Crippen LogP contribution in [-0.4, -0.2) is 69.7 Å². The Morgan fingerprint density at radius 2 is 0.694 bits per heavy atom. The molecule has 4 aromatic rings. The van der Waals surface area contributed by atoms with E-state index < -0.39 is 48.6 Å². The number of aryl methyl sites for hydroxylation is 2. The summed E-state index contributed by atoms with van der Waals surface area (Å²) in [7, 11) is 0. The number of anilines is 2. The Morgan fingerprint density at radius 1 is 0.468 bits per heavy atom. The van der Waals surface area contributed by atoms with Gasteiger partial charge in [-0.2, -0.15) is 61.8 Å². The van der Waals surface area contributed by atoms with Crippen molar-refractivity contribution < 1.29 is 112 Å². The van der Waals surface area contributed by atoms with Crippen molar-refractivity contribution in [1.29, 1.82) is 0 Å². The SMILES string of the molecule is Nc1cc[n+](CCCCCCCCCC[n+]2ccc(N)c3ccccc32)c2ccccc12.O.O.O=C(O)C(F)(F)F.O=C(O)C(F)(F)F.O=C([O-])C(F)(F)F.O=C([O-])C(F)(F)F. The van der Waals surface area contributed by atoms with Gasteiger partial charge in [-0.1, -0.05) is 49.9 Å². The average Bonchev–Trinajstić information content (AvgIpc) is 3.14. The highest BCUT2D eigenvalue weighted by molar-refractivity contribution is 5.88. The number of hydrogen-bond acceptors (Lipinski definition) is 8. The van der Waals surface area contributed by atoms with Gasteiger partial charge in [0.1, 0.15) is 25.0 Å². The molecule has 10 N–H and O–H groups in total. The van der Waals surface area contributed by atoms with Gasteiger partial charge < -0.3 is 52.4 Å². The molecule has 0 saturated carbocycles. The number of carboxylic acid groups (broad SMARTS) is 4. The molecule has 0 aliphatic heterocycles. The predicted octanol–water partition coefficient (Wildman–Crippen LogP) is 3.77. The minimum absolute atomic E-state index is 0. The number of halogens is 12. The van der Waals surface area contributed by atoms with Crippen LogP contribution in [0.5, 0.6) is 0 Å². The zero-order valence-corrected chi connectivity index (χ0v) is 31.9. The maximum absolute atomic E-state index is 10.6. The highest BCUT2D eigenvalue weighted by atomic mass is 19.4. The molecule has 0 unspecified atom stereocenters. The van der Waals surface area contributed by atoms with Crippen LogP contribution >= 0.6 is 0 Å². The first-order chi connectivity index (χ1) is 27.5. The van der Waals surface area contributed by atoms with Gasteiger partial charge in [0.05, 0.1) is 22.1 Å². The van der Waals surface area contributed by atoms with Gasteiger partial charge in [-0.05, 0) is 25.0 Å². The maximum Gasteiger partial charge on any atom is 0.490 e. The standard InChI is InChI=1S/C28H34N4.4C2HF3O2.2H2O/c29-25-17-21-31(27-15-9-7-13-23(25)27)19-11-5-3-1-2-4-6-12-20-32-22-18-26(30)24-14-8-10-16-28(24)32;4*3-2(4,5)1(6)7;;/h7-10,13-18,21-22,29-30H,1-6,11-12,19-20H2;4*(H,6,7);2*1H2. The van der Waals surface area contributed by atoms with Crippen LogP contribution in [0.4, 0.5) is 64.1 Å². The van der Waals surface area contributed by atoms with Gasteiger partial charge in [-0.3, -0.25) is 0 Å². The number of aliphatic carboxylic acids is 4. The lowest BCUT2D eigenvalue weighted by molar-refractivity contribution is -0.672. The number of carboxylic acids is 4. The molecule has 14 nitrogen and oxygen atoms in total. The lowest BCUT2D eigenvalue weighted by atomic mass is 10.1. The molecule has 0 amide bonds. The van der Waals surface area contributed by atoms with Crippen molar-refractivity contribution in [2.75, 3.05) is 11.5 Å². The maximum atomic E-state index is 10.6. The number of pyridine rings is 2. The van der Waals surface area contributed by atoms with Crippen molar-refractivity contribution >= 4 is 57.1 Å². The third-order valence-corrected chi connectivity index (χ3v) is 7.41. The van der Waals surface area contributed by atoms with Crippen LogP contribution in [0.2, 0.25) is 0 Å². The third-order valence-electron chi connectivity index (χ3n) is 7.41. The van der Waals surface area contributed by atoms with E-state index in [0.717, 1.165) is 35.2 Å². The zero-order chi connectivity index (χ0) is 46.5. The fourth-order valence-electron chi connectivity index (χ4n) is 4.63. The van der Waals surface area contributed by atoms with Gasteiger partial charge >= 0.3 is 36.6 Å². The molecule has 0 aliphatic rings. The van der Waals surface area contributed by atoms with Gasteiger partial charge in [0.2, 0.25) is 11.0 Å². The van der Waals surface area contributed by atoms with Crippen molar-refractivity contribution in [1.82, 2.24) is 0 Å². The van der Waals surface area contributed by atoms with Gasteiger partial charge in [0.25, 0.3) is 0 Å². The van der Waals surface area contributed by atoms with E-state index in [1.54, 1.807) is 0 Å². The normalized spacial score (nSPS) is 11.0.